The molecule has 3 aromatic rings. The van der Waals surface area contributed by atoms with Crippen LogP contribution in [0.25, 0.3) is 0 Å². The summed E-state index contributed by atoms with van der Waals surface area (Å²) in [6.07, 6.45) is -0.196. The first kappa shape index (κ1) is 28.1. The van der Waals surface area contributed by atoms with Crippen LogP contribution in [0.2, 0.25) is 0 Å². The van der Waals surface area contributed by atoms with Gasteiger partial charge in [-0.1, -0.05) is 42.5 Å². The SMILES string of the molecule is Cc1cc(S(=O)(=O)NC(C)C)ccc1OCC(=O)N1CC(C(=O)NCCc2ccccc2)Oc2ccccc21. The molecule has 1 aliphatic heterocycles. The van der Waals surface area contributed by atoms with Crippen molar-refractivity contribution in [3.63, 3.8) is 0 Å². The predicted molar refractivity (Wildman–Crippen MR) is 148 cm³/mol. The average Bonchev–Trinajstić information content (AvgIpc) is 2.91. The Labute approximate surface area is 229 Å². The topological polar surface area (TPSA) is 114 Å². The zero-order valence-corrected chi connectivity index (χ0v) is 23.0. The first-order chi connectivity index (χ1) is 18.6. The first-order valence-electron chi connectivity index (χ1n) is 12.8. The summed E-state index contributed by atoms with van der Waals surface area (Å²) in [6.45, 7) is 5.39. The van der Waals surface area contributed by atoms with Crippen LogP contribution in [0.5, 0.6) is 11.5 Å². The van der Waals surface area contributed by atoms with Crippen molar-refractivity contribution in [1.29, 1.82) is 0 Å². The highest BCUT2D eigenvalue weighted by atomic mass is 32.2. The number of hydrogen-bond acceptors (Lipinski definition) is 6. The highest BCUT2D eigenvalue weighted by Crippen LogP contribution is 2.33. The molecule has 2 N–H and O–H groups in total. The number of sulfonamides is 1. The minimum absolute atomic E-state index is 0.0351. The van der Waals surface area contributed by atoms with Gasteiger partial charge in [-0.25, -0.2) is 13.1 Å². The monoisotopic (exact) mass is 551 g/mol. The summed E-state index contributed by atoms with van der Waals surface area (Å²) in [5.41, 5.74) is 2.24. The third-order valence-electron chi connectivity index (χ3n) is 6.12. The van der Waals surface area contributed by atoms with Crippen molar-refractivity contribution in [2.75, 3.05) is 24.6 Å². The van der Waals surface area contributed by atoms with Gasteiger partial charge in [0.15, 0.2) is 12.7 Å². The number of amides is 2. The van der Waals surface area contributed by atoms with E-state index in [4.69, 9.17) is 9.47 Å². The number of rotatable bonds is 10. The van der Waals surface area contributed by atoms with Crippen molar-refractivity contribution >= 4 is 27.5 Å². The Morgan fingerprint density at radius 2 is 1.77 bits per heavy atom. The van der Waals surface area contributed by atoms with Gasteiger partial charge in [0.1, 0.15) is 11.5 Å². The van der Waals surface area contributed by atoms with Crippen LogP contribution in [0.15, 0.2) is 77.7 Å². The molecule has 10 heteroatoms. The summed E-state index contributed by atoms with van der Waals surface area (Å²) in [5, 5.41) is 2.90. The zero-order chi connectivity index (χ0) is 28.0. The summed E-state index contributed by atoms with van der Waals surface area (Å²) in [6, 6.07) is 21.1. The Kier molecular flexibility index (Phi) is 8.88. The molecule has 0 bridgehead atoms. The Morgan fingerprint density at radius 3 is 2.49 bits per heavy atom. The number of aryl methyl sites for hydroxylation is 1. The number of hydrogen-bond donors (Lipinski definition) is 2. The second-order valence-electron chi connectivity index (χ2n) is 9.60. The molecule has 1 atom stereocenters. The Balaban J connectivity index is 1.41. The summed E-state index contributed by atoms with van der Waals surface area (Å²) in [4.78, 5) is 27.8. The van der Waals surface area contributed by atoms with Gasteiger partial charge >= 0.3 is 0 Å². The van der Waals surface area contributed by atoms with Gasteiger partial charge < -0.3 is 19.7 Å². The van der Waals surface area contributed by atoms with Gasteiger partial charge in [0.2, 0.25) is 10.0 Å². The maximum absolute atomic E-state index is 13.3. The van der Waals surface area contributed by atoms with Crippen LogP contribution >= 0.6 is 0 Å². The number of anilines is 1. The van der Waals surface area contributed by atoms with Crippen LogP contribution in [-0.2, 0) is 26.0 Å². The lowest BCUT2D eigenvalue weighted by molar-refractivity contribution is -0.128. The van der Waals surface area contributed by atoms with Gasteiger partial charge in [-0.05, 0) is 68.7 Å². The summed E-state index contributed by atoms with van der Waals surface area (Å²) in [7, 11) is -3.65. The quantitative estimate of drug-likeness (QED) is 0.400. The molecule has 0 saturated heterocycles. The van der Waals surface area contributed by atoms with E-state index in [1.54, 1.807) is 45.0 Å². The second-order valence-corrected chi connectivity index (χ2v) is 11.3. The molecule has 0 radical (unpaired) electrons. The van der Waals surface area contributed by atoms with Crippen LogP contribution in [0, 0.1) is 6.92 Å². The Bertz CT molecular complexity index is 1430. The number of ether oxygens (including phenoxy) is 2. The van der Waals surface area contributed by atoms with E-state index in [-0.39, 0.29) is 35.9 Å². The number of carbonyl (C=O) groups is 2. The standard InChI is InChI=1S/C29H33N3O6S/c1-20(2)31-39(35,36)23-13-14-25(21(3)17-23)37-19-28(33)32-18-27(38-26-12-8-7-11-24(26)32)29(34)30-16-15-22-9-5-4-6-10-22/h4-14,17,20,27,31H,15-16,18-19H2,1-3H3,(H,30,34). The van der Waals surface area contributed by atoms with E-state index in [1.807, 2.05) is 30.3 Å². The molecule has 1 heterocycles. The third kappa shape index (κ3) is 7.15. The number of nitrogens with one attached hydrogen (secondary N) is 2. The average molecular weight is 552 g/mol. The van der Waals surface area contributed by atoms with Crippen molar-refractivity contribution in [2.45, 2.75) is 44.2 Å². The summed E-state index contributed by atoms with van der Waals surface area (Å²) >= 11 is 0. The number of carbonyl (C=O) groups excluding carboxylic acids is 2. The highest BCUT2D eigenvalue weighted by Gasteiger charge is 2.34. The molecule has 3 aromatic carbocycles. The molecule has 2 amide bonds. The number of nitrogens with zero attached hydrogens (tertiary/aromatic N) is 1. The van der Waals surface area contributed by atoms with Crippen molar-refractivity contribution < 1.29 is 27.5 Å². The van der Waals surface area contributed by atoms with Crippen LogP contribution < -0.4 is 24.4 Å². The molecule has 4 rings (SSSR count). The van der Waals surface area contributed by atoms with Gasteiger partial charge in [0, 0.05) is 12.6 Å². The molecule has 1 aliphatic rings. The molecule has 0 aliphatic carbocycles. The number of benzene rings is 3. The van der Waals surface area contributed by atoms with E-state index in [0.29, 0.717) is 35.7 Å². The molecule has 206 valence electrons. The summed E-state index contributed by atoms with van der Waals surface area (Å²) < 4.78 is 39.2. The van der Waals surface area contributed by atoms with Crippen molar-refractivity contribution in [1.82, 2.24) is 10.0 Å². The maximum atomic E-state index is 13.3. The molecule has 0 fully saturated rings. The second kappa shape index (κ2) is 12.3. The van der Waals surface area contributed by atoms with Gasteiger partial charge in [0.05, 0.1) is 17.1 Å². The lowest BCUT2D eigenvalue weighted by Crippen LogP contribution is -2.52. The predicted octanol–water partition coefficient (Wildman–Crippen LogP) is 3.21. The zero-order valence-electron chi connectivity index (χ0n) is 22.2. The largest absolute Gasteiger partial charge is 0.483 e. The molecule has 1 unspecified atom stereocenters. The fourth-order valence-electron chi connectivity index (χ4n) is 4.24. The van der Waals surface area contributed by atoms with E-state index in [0.717, 1.165) is 5.56 Å². The number of para-hydroxylation sites is 2. The first-order valence-corrected chi connectivity index (χ1v) is 14.3. The van der Waals surface area contributed by atoms with Crippen molar-refractivity contribution in [3.05, 3.63) is 83.9 Å². The van der Waals surface area contributed by atoms with Gasteiger partial charge in [-0.2, -0.15) is 0 Å². The molecule has 0 spiro atoms. The Hall–Kier alpha value is -3.89. The van der Waals surface area contributed by atoms with Gasteiger partial charge in [-0.3, -0.25) is 9.59 Å². The fourth-order valence-corrected chi connectivity index (χ4v) is 5.58. The molecule has 9 nitrogen and oxygen atoms in total. The number of fused-ring (bicyclic) bond motifs is 1. The molecule has 39 heavy (non-hydrogen) atoms. The van der Waals surface area contributed by atoms with Crippen LogP contribution in [0.1, 0.15) is 25.0 Å². The van der Waals surface area contributed by atoms with Gasteiger partial charge in [-0.15, -0.1) is 0 Å². The van der Waals surface area contributed by atoms with E-state index in [1.165, 1.54) is 23.1 Å². The van der Waals surface area contributed by atoms with Crippen LogP contribution in [0.3, 0.4) is 0 Å². The molecular weight excluding hydrogens is 518 g/mol. The van der Waals surface area contributed by atoms with Crippen LogP contribution in [-0.4, -0.2) is 52.1 Å². The minimum atomic E-state index is -3.65. The van der Waals surface area contributed by atoms with Crippen molar-refractivity contribution in [2.24, 2.45) is 0 Å². The third-order valence-corrected chi connectivity index (χ3v) is 7.78. The highest BCUT2D eigenvalue weighted by molar-refractivity contribution is 7.89. The van der Waals surface area contributed by atoms with Crippen molar-refractivity contribution in [3.8, 4) is 11.5 Å². The van der Waals surface area contributed by atoms with Crippen LogP contribution in [0.4, 0.5) is 5.69 Å². The Morgan fingerprint density at radius 1 is 1.05 bits per heavy atom. The minimum Gasteiger partial charge on any atom is -0.483 e. The van der Waals surface area contributed by atoms with Gasteiger partial charge in [0.25, 0.3) is 11.8 Å². The molecule has 0 saturated carbocycles. The molecular formula is C29H33N3O6S. The maximum Gasteiger partial charge on any atom is 0.265 e. The lowest BCUT2D eigenvalue weighted by atomic mass is 10.1. The fraction of sp³-hybridized carbons (Fsp3) is 0.310. The lowest BCUT2D eigenvalue weighted by Gasteiger charge is -2.34. The normalized spacial score (nSPS) is 14.9. The van der Waals surface area contributed by atoms with E-state index in [9.17, 15) is 18.0 Å². The summed E-state index contributed by atoms with van der Waals surface area (Å²) in [5.74, 6) is 0.166. The van der Waals surface area contributed by atoms with E-state index in [2.05, 4.69) is 10.0 Å². The van der Waals surface area contributed by atoms with E-state index < -0.39 is 16.1 Å². The van der Waals surface area contributed by atoms with E-state index >= 15 is 0 Å². The molecule has 0 aromatic heterocycles. The smallest absolute Gasteiger partial charge is 0.265 e.